The Kier molecular flexibility index (Phi) is 7.67. The lowest BCUT2D eigenvalue weighted by atomic mass is 10.0. The minimum atomic E-state index is -0.363. The van der Waals surface area contributed by atoms with Crippen LogP contribution in [-0.2, 0) is 4.79 Å². The molecule has 0 spiro atoms. The molecular weight excluding hydrogens is 485 g/mol. The summed E-state index contributed by atoms with van der Waals surface area (Å²) in [5.74, 6) is -0.151. The molecule has 0 aliphatic heterocycles. The van der Waals surface area contributed by atoms with Crippen LogP contribution >= 0.6 is 35.0 Å². The lowest BCUT2D eigenvalue weighted by molar-refractivity contribution is -0.115. The van der Waals surface area contributed by atoms with Crippen LogP contribution in [0.2, 0.25) is 10.0 Å². The summed E-state index contributed by atoms with van der Waals surface area (Å²) in [6.07, 6.45) is 0.620. The molecule has 4 rings (SSSR count). The van der Waals surface area contributed by atoms with Gasteiger partial charge in [0.25, 0.3) is 0 Å². The molecule has 4 nitrogen and oxygen atoms in total. The maximum atomic E-state index is 13.0. The van der Waals surface area contributed by atoms with E-state index in [2.05, 4.69) is 72.7 Å². The van der Waals surface area contributed by atoms with E-state index in [1.165, 1.54) is 22.9 Å². The minimum absolute atomic E-state index is 0.151. The third-order valence-electron chi connectivity index (χ3n) is 5.45. The van der Waals surface area contributed by atoms with Gasteiger partial charge in [-0.1, -0.05) is 102 Å². The van der Waals surface area contributed by atoms with Crippen LogP contribution in [0.5, 0.6) is 0 Å². The monoisotopic (exact) mass is 509 g/mol. The van der Waals surface area contributed by atoms with Crippen molar-refractivity contribution in [3.63, 3.8) is 0 Å². The Morgan fingerprint density at radius 1 is 0.971 bits per heavy atom. The van der Waals surface area contributed by atoms with Crippen molar-refractivity contribution in [3.05, 3.63) is 87.9 Å². The maximum Gasteiger partial charge on any atom is 0.238 e. The van der Waals surface area contributed by atoms with Crippen molar-refractivity contribution in [1.29, 1.82) is 0 Å². The molecule has 0 radical (unpaired) electrons. The van der Waals surface area contributed by atoms with Crippen LogP contribution in [0.3, 0.4) is 0 Å². The van der Waals surface area contributed by atoms with E-state index in [0.29, 0.717) is 27.3 Å². The summed E-state index contributed by atoms with van der Waals surface area (Å²) in [7, 11) is 0. The molecule has 0 fully saturated rings. The first kappa shape index (κ1) is 24.4. The minimum Gasteiger partial charge on any atom is -0.332 e. The van der Waals surface area contributed by atoms with Crippen molar-refractivity contribution in [3.8, 4) is 22.5 Å². The van der Waals surface area contributed by atoms with E-state index in [-0.39, 0.29) is 11.2 Å². The number of carbonyl (C=O) groups is 1. The van der Waals surface area contributed by atoms with Crippen molar-refractivity contribution in [2.45, 2.75) is 37.6 Å². The Morgan fingerprint density at radius 3 is 2.21 bits per heavy atom. The summed E-state index contributed by atoms with van der Waals surface area (Å²) < 4.78 is 0. The second-order valence-corrected chi connectivity index (χ2v) is 10.2. The highest BCUT2D eigenvalue weighted by Crippen LogP contribution is 2.35. The topological polar surface area (TPSA) is 57.8 Å². The fourth-order valence-corrected chi connectivity index (χ4v) is 4.76. The standard InChI is InChI=1S/C27H25Cl2N3OS/c1-4-23(26(33)30-22-15-20(28)13-14-21(22)29)34-27-31-24(18-9-5-16(2)6-10-18)25(32-27)19-11-7-17(3)8-12-19/h5-15,23H,4H2,1-3H3,(H,30,33)(H,31,32). The van der Waals surface area contributed by atoms with Gasteiger partial charge >= 0.3 is 0 Å². The number of amides is 1. The molecule has 1 aromatic heterocycles. The number of aryl methyl sites for hydroxylation is 2. The number of hydrogen-bond acceptors (Lipinski definition) is 3. The van der Waals surface area contributed by atoms with Gasteiger partial charge in [-0.25, -0.2) is 4.98 Å². The predicted molar refractivity (Wildman–Crippen MR) is 144 cm³/mol. The number of nitrogens with one attached hydrogen (secondary N) is 2. The molecule has 0 saturated carbocycles. The average molecular weight is 510 g/mol. The van der Waals surface area contributed by atoms with Crippen molar-refractivity contribution in [2.24, 2.45) is 0 Å². The highest BCUT2D eigenvalue weighted by Gasteiger charge is 2.23. The number of H-pyrrole nitrogens is 1. The second-order valence-electron chi connectivity index (χ2n) is 8.13. The molecular formula is C27H25Cl2N3OS. The first-order valence-corrected chi connectivity index (χ1v) is 12.6. The summed E-state index contributed by atoms with van der Waals surface area (Å²) in [4.78, 5) is 21.4. The summed E-state index contributed by atoms with van der Waals surface area (Å²) in [6, 6.07) is 21.6. The predicted octanol–water partition coefficient (Wildman–Crippen LogP) is 8.18. The molecule has 174 valence electrons. The van der Waals surface area contributed by atoms with E-state index in [9.17, 15) is 4.79 Å². The van der Waals surface area contributed by atoms with Crippen LogP contribution in [0.4, 0.5) is 5.69 Å². The molecule has 4 aromatic rings. The zero-order valence-electron chi connectivity index (χ0n) is 19.2. The zero-order valence-corrected chi connectivity index (χ0v) is 21.5. The van der Waals surface area contributed by atoms with Gasteiger partial charge in [-0.15, -0.1) is 0 Å². The summed E-state index contributed by atoms with van der Waals surface area (Å²) in [5, 5.41) is 4.18. The van der Waals surface area contributed by atoms with E-state index in [1.807, 2.05) is 6.92 Å². The number of anilines is 1. The number of thioether (sulfide) groups is 1. The zero-order chi connectivity index (χ0) is 24.2. The number of carbonyl (C=O) groups excluding carboxylic acids is 1. The molecule has 0 aliphatic rings. The van der Waals surface area contributed by atoms with E-state index in [0.717, 1.165) is 22.5 Å². The highest BCUT2D eigenvalue weighted by molar-refractivity contribution is 8.00. The number of aromatic nitrogens is 2. The van der Waals surface area contributed by atoms with E-state index < -0.39 is 0 Å². The molecule has 3 aromatic carbocycles. The number of halogens is 2. The SMILES string of the molecule is CCC(Sc1nc(-c2ccc(C)cc2)c(-c2ccc(C)cc2)[nH]1)C(=O)Nc1cc(Cl)ccc1Cl. The van der Waals surface area contributed by atoms with Crippen LogP contribution in [0, 0.1) is 13.8 Å². The van der Waals surface area contributed by atoms with Crippen molar-refractivity contribution in [1.82, 2.24) is 9.97 Å². The Labute approximate surface area is 214 Å². The molecule has 1 amide bonds. The third kappa shape index (κ3) is 5.66. The maximum absolute atomic E-state index is 13.0. The fraction of sp³-hybridized carbons (Fsp3) is 0.185. The lowest BCUT2D eigenvalue weighted by Crippen LogP contribution is -2.24. The number of aromatic amines is 1. The van der Waals surface area contributed by atoms with Crippen LogP contribution in [0.15, 0.2) is 71.9 Å². The normalized spacial score (nSPS) is 11.9. The van der Waals surface area contributed by atoms with Gasteiger partial charge in [-0.2, -0.15) is 0 Å². The molecule has 0 bridgehead atoms. The molecule has 1 heterocycles. The van der Waals surface area contributed by atoms with Crippen LogP contribution in [-0.4, -0.2) is 21.1 Å². The van der Waals surface area contributed by atoms with Gasteiger partial charge < -0.3 is 10.3 Å². The molecule has 2 N–H and O–H groups in total. The largest absolute Gasteiger partial charge is 0.332 e. The second kappa shape index (κ2) is 10.7. The van der Waals surface area contributed by atoms with Gasteiger partial charge in [0.2, 0.25) is 5.91 Å². The Hall–Kier alpha value is -2.73. The molecule has 34 heavy (non-hydrogen) atoms. The first-order valence-electron chi connectivity index (χ1n) is 11.0. The molecule has 0 saturated heterocycles. The Balaban J connectivity index is 1.64. The number of hydrogen-bond donors (Lipinski definition) is 2. The van der Waals surface area contributed by atoms with Gasteiger partial charge in [0.1, 0.15) is 0 Å². The smallest absolute Gasteiger partial charge is 0.238 e. The summed E-state index contributed by atoms with van der Waals surface area (Å²) in [5.41, 5.74) is 6.74. The number of nitrogens with zero attached hydrogens (tertiary/aromatic N) is 1. The molecule has 0 aliphatic carbocycles. The third-order valence-corrected chi connectivity index (χ3v) is 7.26. The molecule has 1 atom stereocenters. The van der Waals surface area contributed by atoms with E-state index >= 15 is 0 Å². The van der Waals surface area contributed by atoms with Gasteiger partial charge in [0.05, 0.1) is 27.3 Å². The van der Waals surface area contributed by atoms with Gasteiger partial charge in [-0.3, -0.25) is 4.79 Å². The number of rotatable bonds is 7. The number of imidazole rings is 1. The lowest BCUT2D eigenvalue weighted by Gasteiger charge is -2.14. The van der Waals surface area contributed by atoms with Gasteiger partial charge in [-0.05, 0) is 38.5 Å². The van der Waals surface area contributed by atoms with E-state index in [4.69, 9.17) is 28.2 Å². The average Bonchev–Trinajstić information content (AvgIpc) is 3.24. The van der Waals surface area contributed by atoms with Crippen LogP contribution in [0.1, 0.15) is 24.5 Å². The van der Waals surface area contributed by atoms with Crippen molar-refractivity contribution >= 4 is 46.6 Å². The molecule has 1 unspecified atom stereocenters. The van der Waals surface area contributed by atoms with Crippen LogP contribution < -0.4 is 5.32 Å². The summed E-state index contributed by atoms with van der Waals surface area (Å²) in [6.45, 7) is 6.10. The Bertz CT molecular complexity index is 1240. The van der Waals surface area contributed by atoms with Gasteiger partial charge in [0, 0.05) is 16.1 Å². The quantitative estimate of drug-likeness (QED) is 0.247. The fourth-order valence-electron chi connectivity index (χ4n) is 3.52. The van der Waals surface area contributed by atoms with Crippen molar-refractivity contribution in [2.75, 3.05) is 5.32 Å². The van der Waals surface area contributed by atoms with Crippen LogP contribution in [0.25, 0.3) is 22.5 Å². The molecule has 7 heteroatoms. The highest BCUT2D eigenvalue weighted by atomic mass is 35.5. The van der Waals surface area contributed by atoms with E-state index in [1.54, 1.807) is 18.2 Å². The van der Waals surface area contributed by atoms with Gasteiger partial charge in [0.15, 0.2) is 5.16 Å². The number of benzene rings is 3. The Morgan fingerprint density at radius 2 is 1.59 bits per heavy atom. The summed E-state index contributed by atoms with van der Waals surface area (Å²) >= 11 is 13.7. The van der Waals surface area contributed by atoms with Crippen molar-refractivity contribution < 1.29 is 4.79 Å². The first-order chi connectivity index (χ1) is 16.3.